The van der Waals surface area contributed by atoms with E-state index in [1.54, 1.807) is 37.8 Å². The molecule has 158 valence electrons. The SMILES string of the molecule is COc1ccc(-c2nc(C3CCCN(C(C)=O)C3)no2)cc1S(=O)(=O)NC(C)C. The number of amides is 1. The van der Waals surface area contributed by atoms with Gasteiger partial charge in [0.05, 0.1) is 7.11 Å². The minimum absolute atomic E-state index is 0.00536. The fourth-order valence-corrected chi connectivity index (χ4v) is 4.83. The van der Waals surface area contributed by atoms with E-state index in [0.29, 0.717) is 17.9 Å². The van der Waals surface area contributed by atoms with Gasteiger partial charge in [-0.2, -0.15) is 4.98 Å². The summed E-state index contributed by atoms with van der Waals surface area (Å²) in [4.78, 5) is 17.9. The van der Waals surface area contributed by atoms with Gasteiger partial charge in [0.15, 0.2) is 5.82 Å². The third kappa shape index (κ3) is 4.76. The Hall–Kier alpha value is -2.46. The Bertz CT molecular complexity index is 986. The summed E-state index contributed by atoms with van der Waals surface area (Å²) in [5.74, 6) is 0.997. The minimum atomic E-state index is -3.77. The topological polar surface area (TPSA) is 115 Å². The van der Waals surface area contributed by atoms with Crippen LogP contribution in [0.4, 0.5) is 0 Å². The molecule has 3 rings (SSSR count). The Morgan fingerprint density at radius 3 is 2.79 bits per heavy atom. The van der Waals surface area contributed by atoms with E-state index in [4.69, 9.17) is 9.26 Å². The molecular formula is C19H26N4O5S. The van der Waals surface area contributed by atoms with E-state index in [1.165, 1.54) is 13.2 Å². The molecule has 1 atom stereocenters. The van der Waals surface area contributed by atoms with Gasteiger partial charge < -0.3 is 14.2 Å². The van der Waals surface area contributed by atoms with Crippen LogP contribution in [-0.2, 0) is 14.8 Å². The van der Waals surface area contributed by atoms with Gasteiger partial charge in [0, 0.05) is 37.5 Å². The van der Waals surface area contributed by atoms with E-state index < -0.39 is 10.0 Å². The van der Waals surface area contributed by atoms with Crippen molar-refractivity contribution in [2.45, 2.75) is 50.5 Å². The van der Waals surface area contributed by atoms with E-state index in [0.717, 1.165) is 19.4 Å². The van der Waals surface area contributed by atoms with Gasteiger partial charge in [0.2, 0.25) is 15.9 Å². The van der Waals surface area contributed by atoms with Crippen molar-refractivity contribution in [3.63, 3.8) is 0 Å². The van der Waals surface area contributed by atoms with Gasteiger partial charge >= 0.3 is 0 Å². The second-order valence-corrected chi connectivity index (χ2v) is 9.09. The lowest BCUT2D eigenvalue weighted by Crippen LogP contribution is -2.37. The number of piperidine rings is 1. The highest BCUT2D eigenvalue weighted by atomic mass is 32.2. The van der Waals surface area contributed by atoms with Crippen molar-refractivity contribution in [1.29, 1.82) is 0 Å². The number of ether oxygens (including phenoxy) is 1. The molecule has 1 amide bonds. The van der Waals surface area contributed by atoms with E-state index in [2.05, 4.69) is 14.9 Å². The van der Waals surface area contributed by atoms with Crippen molar-refractivity contribution in [3.8, 4) is 17.2 Å². The van der Waals surface area contributed by atoms with Crippen molar-refractivity contribution in [1.82, 2.24) is 19.8 Å². The van der Waals surface area contributed by atoms with Gasteiger partial charge in [-0.3, -0.25) is 4.79 Å². The second kappa shape index (κ2) is 8.50. The molecule has 1 unspecified atom stereocenters. The Kier molecular flexibility index (Phi) is 6.23. The maximum atomic E-state index is 12.7. The minimum Gasteiger partial charge on any atom is -0.495 e. The molecule has 0 saturated carbocycles. The first-order valence-electron chi connectivity index (χ1n) is 9.51. The summed E-state index contributed by atoms with van der Waals surface area (Å²) in [5, 5.41) is 4.07. The summed E-state index contributed by atoms with van der Waals surface area (Å²) >= 11 is 0. The first kappa shape index (κ1) is 21.3. The highest BCUT2D eigenvalue weighted by molar-refractivity contribution is 7.89. The number of benzene rings is 1. The molecule has 1 aliphatic heterocycles. The Morgan fingerprint density at radius 1 is 1.38 bits per heavy atom. The molecule has 2 heterocycles. The van der Waals surface area contributed by atoms with Gasteiger partial charge in [0.1, 0.15) is 10.6 Å². The van der Waals surface area contributed by atoms with Crippen LogP contribution in [0.15, 0.2) is 27.6 Å². The first-order chi connectivity index (χ1) is 13.7. The normalized spacial score (nSPS) is 17.6. The van der Waals surface area contributed by atoms with Gasteiger partial charge in [0.25, 0.3) is 5.89 Å². The molecular weight excluding hydrogens is 396 g/mol. The van der Waals surface area contributed by atoms with Crippen LogP contribution in [0.25, 0.3) is 11.5 Å². The van der Waals surface area contributed by atoms with Crippen molar-refractivity contribution >= 4 is 15.9 Å². The number of rotatable bonds is 6. The molecule has 0 radical (unpaired) electrons. The molecule has 10 heteroatoms. The van der Waals surface area contributed by atoms with Crippen LogP contribution in [-0.4, -0.2) is 55.6 Å². The molecule has 1 aromatic heterocycles. The van der Waals surface area contributed by atoms with Crippen LogP contribution in [0, 0.1) is 0 Å². The summed E-state index contributed by atoms with van der Waals surface area (Å²) < 4.78 is 38.5. The van der Waals surface area contributed by atoms with Crippen LogP contribution in [0.2, 0.25) is 0 Å². The number of likely N-dealkylation sites (tertiary alicyclic amines) is 1. The molecule has 1 N–H and O–H groups in total. The maximum absolute atomic E-state index is 12.7. The predicted molar refractivity (Wildman–Crippen MR) is 106 cm³/mol. The maximum Gasteiger partial charge on any atom is 0.257 e. The van der Waals surface area contributed by atoms with Gasteiger partial charge in [-0.05, 0) is 44.9 Å². The third-order valence-corrected chi connectivity index (χ3v) is 6.44. The van der Waals surface area contributed by atoms with Crippen LogP contribution < -0.4 is 9.46 Å². The fourth-order valence-electron chi connectivity index (χ4n) is 3.39. The van der Waals surface area contributed by atoms with Gasteiger partial charge in [-0.1, -0.05) is 5.16 Å². The van der Waals surface area contributed by atoms with E-state index in [-0.39, 0.29) is 34.4 Å². The number of sulfonamides is 1. The Labute approximate surface area is 170 Å². The number of hydrogen-bond acceptors (Lipinski definition) is 7. The molecule has 2 aromatic rings. The van der Waals surface area contributed by atoms with Crippen LogP contribution in [0.1, 0.15) is 45.4 Å². The summed E-state index contributed by atoms with van der Waals surface area (Å²) in [6, 6.07) is 4.43. The lowest BCUT2D eigenvalue weighted by atomic mass is 9.97. The lowest BCUT2D eigenvalue weighted by molar-refractivity contribution is -0.130. The average Bonchev–Trinajstić information content (AvgIpc) is 3.17. The van der Waals surface area contributed by atoms with Crippen molar-refractivity contribution in [2.24, 2.45) is 0 Å². The van der Waals surface area contributed by atoms with Crippen molar-refractivity contribution in [2.75, 3.05) is 20.2 Å². The second-order valence-electron chi connectivity index (χ2n) is 7.40. The van der Waals surface area contributed by atoms with Crippen LogP contribution in [0.5, 0.6) is 5.75 Å². The number of nitrogens with one attached hydrogen (secondary N) is 1. The van der Waals surface area contributed by atoms with Gasteiger partial charge in [-0.25, -0.2) is 13.1 Å². The first-order valence-corrected chi connectivity index (χ1v) is 11.0. The average molecular weight is 423 g/mol. The molecule has 1 saturated heterocycles. The zero-order valence-electron chi connectivity index (χ0n) is 17.0. The number of nitrogens with zero attached hydrogens (tertiary/aromatic N) is 3. The Balaban J connectivity index is 1.90. The Morgan fingerprint density at radius 2 is 2.14 bits per heavy atom. The molecule has 1 fully saturated rings. The number of hydrogen-bond donors (Lipinski definition) is 1. The summed E-state index contributed by atoms with van der Waals surface area (Å²) in [6.07, 6.45) is 1.74. The number of aromatic nitrogens is 2. The standard InChI is InChI=1S/C19H26N4O5S/c1-12(2)22-29(25,26)17-10-14(7-8-16(17)27-4)19-20-18(21-28-19)15-6-5-9-23(11-15)13(3)24/h7-8,10,12,15,22H,5-6,9,11H2,1-4H3. The van der Waals surface area contributed by atoms with E-state index in [9.17, 15) is 13.2 Å². The van der Waals surface area contributed by atoms with Crippen molar-refractivity contribution in [3.05, 3.63) is 24.0 Å². The van der Waals surface area contributed by atoms with Crippen molar-refractivity contribution < 1.29 is 22.5 Å². The third-order valence-electron chi connectivity index (χ3n) is 4.76. The molecule has 9 nitrogen and oxygen atoms in total. The zero-order chi connectivity index (χ0) is 21.2. The summed E-state index contributed by atoms with van der Waals surface area (Å²) in [6.45, 7) is 6.32. The monoisotopic (exact) mass is 422 g/mol. The number of carbonyl (C=O) groups is 1. The fraction of sp³-hybridized carbons (Fsp3) is 0.526. The van der Waals surface area contributed by atoms with Gasteiger partial charge in [-0.15, -0.1) is 0 Å². The molecule has 0 spiro atoms. The molecule has 1 aromatic carbocycles. The van der Waals surface area contributed by atoms with Crippen LogP contribution in [0.3, 0.4) is 0 Å². The highest BCUT2D eigenvalue weighted by Gasteiger charge is 2.28. The summed E-state index contributed by atoms with van der Waals surface area (Å²) in [7, 11) is -2.36. The smallest absolute Gasteiger partial charge is 0.257 e. The zero-order valence-corrected chi connectivity index (χ0v) is 17.8. The lowest BCUT2D eigenvalue weighted by Gasteiger charge is -2.30. The van der Waals surface area contributed by atoms with Crippen LogP contribution >= 0.6 is 0 Å². The molecule has 0 bridgehead atoms. The quantitative estimate of drug-likeness (QED) is 0.758. The molecule has 1 aliphatic rings. The predicted octanol–water partition coefficient (Wildman–Crippen LogP) is 2.16. The molecule has 29 heavy (non-hydrogen) atoms. The highest BCUT2D eigenvalue weighted by Crippen LogP contribution is 2.31. The van der Waals surface area contributed by atoms with E-state index >= 15 is 0 Å². The largest absolute Gasteiger partial charge is 0.495 e. The number of methoxy groups -OCH3 is 1. The molecule has 0 aliphatic carbocycles. The van der Waals surface area contributed by atoms with E-state index in [1.807, 2.05) is 0 Å². The summed E-state index contributed by atoms with van der Waals surface area (Å²) in [5.41, 5.74) is 0.480. The number of carbonyl (C=O) groups excluding carboxylic acids is 1.